The molecule has 0 aliphatic carbocycles. The minimum atomic E-state index is -2.60. The molecule has 1 aliphatic heterocycles. The van der Waals surface area contributed by atoms with E-state index in [4.69, 9.17) is 0 Å². The second-order valence-corrected chi connectivity index (χ2v) is 6.31. The summed E-state index contributed by atoms with van der Waals surface area (Å²) in [7, 11) is 0. The van der Waals surface area contributed by atoms with Crippen molar-refractivity contribution in [2.75, 3.05) is 36.0 Å². The number of alkyl halides is 2. The number of hydrogen-bond donors (Lipinski definition) is 0. The highest BCUT2D eigenvalue weighted by Crippen LogP contribution is 2.24. The molecule has 3 aromatic rings. The van der Waals surface area contributed by atoms with E-state index in [0.717, 1.165) is 34.5 Å². The maximum Gasteiger partial charge on any atom is 0.269 e. The van der Waals surface area contributed by atoms with Crippen LogP contribution >= 0.6 is 0 Å². The van der Waals surface area contributed by atoms with Crippen LogP contribution in [0, 0.1) is 0 Å². The number of aromatic nitrogens is 4. The van der Waals surface area contributed by atoms with E-state index >= 15 is 0 Å². The third-order valence-corrected chi connectivity index (χ3v) is 4.63. The minimum absolute atomic E-state index is 0.517. The van der Waals surface area contributed by atoms with Gasteiger partial charge in [-0.1, -0.05) is 12.1 Å². The van der Waals surface area contributed by atoms with Gasteiger partial charge in [0.25, 0.3) is 12.0 Å². The van der Waals surface area contributed by atoms with Crippen LogP contribution in [0.3, 0.4) is 0 Å². The van der Waals surface area contributed by atoms with Crippen molar-refractivity contribution in [3.05, 3.63) is 53.2 Å². The quantitative estimate of drug-likeness (QED) is 0.696. The van der Waals surface area contributed by atoms with E-state index in [1.807, 2.05) is 29.2 Å². The number of anilines is 2. The average Bonchev–Trinajstić information content (AvgIpc) is 2.69. The van der Waals surface area contributed by atoms with Crippen molar-refractivity contribution in [1.82, 2.24) is 19.7 Å². The summed E-state index contributed by atoms with van der Waals surface area (Å²) in [6.45, 7) is 2.12. The Morgan fingerprint density at radius 3 is 2.52 bits per heavy atom. The van der Waals surface area contributed by atoms with Crippen LogP contribution in [0.2, 0.25) is 0 Å². The molecular weight excluding hydrogens is 354 g/mol. The molecule has 3 heterocycles. The Bertz CT molecular complexity index is 995. The van der Waals surface area contributed by atoms with Crippen molar-refractivity contribution < 1.29 is 8.78 Å². The Balaban J connectivity index is 1.49. The highest BCUT2D eigenvalue weighted by molar-refractivity contribution is 5.89. The zero-order valence-corrected chi connectivity index (χ0v) is 14.5. The van der Waals surface area contributed by atoms with Crippen molar-refractivity contribution in [2.24, 2.45) is 0 Å². The molecule has 0 atom stereocenters. The summed E-state index contributed by atoms with van der Waals surface area (Å²) in [6.07, 6.45) is 0.433. The molecule has 27 heavy (non-hydrogen) atoms. The van der Waals surface area contributed by atoms with E-state index in [1.165, 1.54) is 12.3 Å². The monoisotopic (exact) mass is 372 g/mol. The molecule has 0 unspecified atom stereocenters. The summed E-state index contributed by atoms with van der Waals surface area (Å²) in [5.41, 5.74) is 1.03. The van der Waals surface area contributed by atoms with E-state index in [0.29, 0.717) is 18.8 Å². The molecular formula is C18H18F2N6O. The van der Waals surface area contributed by atoms with E-state index in [1.54, 1.807) is 6.33 Å². The topological polar surface area (TPSA) is 67.2 Å². The van der Waals surface area contributed by atoms with Crippen molar-refractivity contribution in [3.8, 4) is 0 Å². The zero-order valence-electron chi connectivity index (χ0n) is 14.5. The number of halogens is 2. The molecule has 7 nitrogen and oxygen atoms in total. The molecule has 9 heteroatoms. The van der Waals surface area contributed by atoms with Crippen LogP contribution in [0.1, 0.15) is 0 Å². The fourth-order valence-corrected chi connectivity index (χ4v) is 3.28. The van der Waals surface area contributed by atoms with Crippen LogP contribution in [0.5, 0.6) is 0 Å². The third kappa shape index (κ3) is 3.57. The molecule has 0 N–H and O–H groups in total. The molecule has 4 rings (SSSR count). The summed E-state index contributed by atoms with van der Waals surface area (Å²) in [5, 5.41) is 4.86. The summed E-state index contributed by atoms with van der Waals surface area (Å²) in [5.74, 6) is 0.894. The van der Waals surface area contributed by atoms with Gasteiger partial charge in [0.15, 0.2) is 0 Å². The fraction of sp³-hybridized carbons (Fsp3) is 0.333. The van der Waals surface area contributed by atoms with Gasteiger partial charge in [-0.05, 0) is 12.1 Å². The van der Waals surface area contributed by atoms with Gasteiger partial charge in [-0.25, -0.2) is 23.4 Å². The Hall–Kier alpha value is -3.10. The van der Waals surface area contributed by atoms with E-state index < -0.39 is 18.5 Å². The van der Waals surface area contributed by atoms with Gasteiger partial charge in [0.1, 0.15) is 18.7 Å². The smallest absolute Gasteiger partial charge is 0.269 e. The van der Waals surface area contributed by atoms with E-state index in [9.17, 15) is 13.6 Å². The number of rotatable bonds is 4. The highest BCUT2D eigenvalue weighted by Gasteiger charge is 2.21. The summed E-state index contributed by atoms with van der Waals surface area (Å²) < 4.78 is 25.7. The van der Waals surface area contributed by atoms with Gasteiger partial charge in [0, 0.05) is 37.6 Å². The Morgan fingerprint density at radius 2 is 1.78 bits per heavy atom. The maximum atomic E-state index is 12.4. The van der Waals surface area contributed by atoms with Crippen LogP contribution in [0.4, 0.5) is 20.3 Å². The van der Waals surface area contributed by atoms with Gasteiger partial charge in [-0.15, -0.1) is 0 Å². The number of piperazine rings is 1. The standard InChI is InChI=1S/C18H18F2N6O/c19-16(20)11-26-17(27)9-13(10-23-26)24-5-7-25(8-6-24)18-14-3-1-2-4-15(14)21-12-22-18/h1-4,9-10,12,16H,5-8,11H2. The van der Waals surface area contributed by atoms with Crippen LogP contribution in [-0.4, -0.2) is 52.4 Å². The van der Waals surface area contributed by atoms with Crippen LogP contribution in [-0.2, 0) is 6.54 Å². The Kier molecular flexibility index (Phi) is 4.66. The zero-order chi connectivity index (χ0) is 18.8. The minimum Gasteiger partial charge on any atom is -0.367 e. The molecule has 0 spiro atoms. The maximum absolute atomic E-state index is 12.4. The van der Waals surface area contributed by atoms with Gasteiger partial charge in [-0.3, -0.25) is 4.79 Å². The molecule has 1 aromatic carbocycles. The number of para-hydroxylation sites is 1. The van der Waals surface area contributed by atoms with Gasteiger partial charge in [-0.2, -0.15) is 5.10 Å². The van der Waals surface area contributed by atoms with Gasteiger partial charge in [0.05, 0.1) is 17.4 Å². The molecule has 0 bridgehead atoms. The van der Waals surface area contributed by atoms with Gasteiger partial charge < -0.3 is 9.80 Å². The van der Waals surface area contributed by atoms with E-state index in [2.05, 4.69) is 20.0 Å². The highest BCUT2D eigenvalue weighted by atomic mass is 19.3. The Morgan fingerprint density at radius 1 is 1.04 bits per heavy atom. The summed E-state index contributed by atoms with van der Waals surface area (Å²) in [6, 6.07) is 9.23. The third-order valence-electron chi connectivity index (χ3n) is 4.63. The lowest BCUT2D eigenvalue weighted by atomic mass is 10.2. The molecule has 1 aliphatic rings. The van der Waals surface area contributed by atoms with Crippen molar-refractivity contribution >= 4 is 22.4 Å². The normalized spacial score (nSPS) is 14.9. The number of hydrogen-bond acceptors (Lipinski definition) is 6. The summed E-state index contributed by atoms with van der Waals surface area (Å²) >= 11 is 0. The number of fused-ring (bicyclic) bond motifs is 1. The lowest BCUT2D eigenvalue weighted by Gasteiger charge is -2.36. The van der Waals surface area contributed by atoms with Crippen LogP contribution < -0.4 is 15.4 Å². The van der Waals surface area contributed by atoms with E-state index in [-0.39, 0.29) is 0 Å². The lowest BCUT2D eigenvalue weighted by Crippen LogP contribution is -2.47. The lowest BCUT2D eigenvalue weighted by molar-refractivity contribution is 0.119. The fourth-order valence-electron chi connectivity index (χ4n) is 3.28. The first-order valence-corrected chi connectivity index (χ1v) is 8.67. The average molecular weight is 372 g/mol. The van der Waals surface area contributed by atoms with Crippen molar-refractivity contribution in [3.63, 3.8) is 0 Å². The molecule has 1 fully saturated rings. The molecule has 140 valence electrons. The first-order chi connectivity index (χ1) is 13.1. The number of benzene rings is 1. The largest absolute Gasteiger partial charge is 0.367 e. The second kappa shape index (κ2) is 7.26. The van der Waals surface area contributed by atoms with Crippen molar-refractivity contribution in [1.29, 1.82) is 0 Å². The molecule has 0 amide bonds. The van der Waals surface area contributed by atoms with Crippen LogP contribution in [0.15, 0.2) is 47.7 Å². The van der Waals surface area contributed by atoms with Gasteiger partial charge >= 0.3 is 0 Å². The Labute approximate surface area is 153 Å². The van der Waals surface area contributed by atoms with Gasteiger partial charge in [0.2, 0.25) is 0 Å². The first kappa shape index (κ1) is 17.3. The number of nitrogens with zero attached hydrogens (tertiary/aromatic N) is 6. The first-order valence-electron chi connectivity index (χ1n) is 8.67. The van der Waals surface area contributed by atoms with Crippen molar-refractivity contribution in [2.45, 2.75) is 13.0 Å². The molecule has 1 saturated heterocycles. The second-order valence-electron chi connectivity index (χ2n) is 6.31. The predicted molar refractivity (Wildman–Crippen MR) is 98.5 cm³/mol. The molecule has 0 radical (unpaired) electrons. The summed E-state index contributed by atoms with van der Waals surface area (Å²) in [4.78, 5) is 24.9. The molecule has 0 saturated carbocycles. The SMILES string of the molecule is O=c1cc(N2CCN(c3ncnc4ccccc34)CC2)cnn1CC(F)F. The molecule has 2 aromatic heterocycles. The predicted octanol–water partition coefficient (Wildman–Crippen LogP) is 1.78. The van der Waals surface area contributed by atoms with Crippen LogP contribution in [0.25, 0.3) is 10.9 Å².